The molecule has 1 aromatic heterocycles. The van der Waals surface area contributed by atoms with Crippen molar-refractivity contribution in [3.05, 3.63) is 18.0 Å². The highest BCUT2D eigenvalue weighted by Gasteiger charge is 2.29. The lowest BCUT2D eigenvalue weighted by Gasteiger charge is -2.23. The van der Waals surface area contributed by atoms with Gasteiger partial charge in [0.15, 0.2) is 5.78 Å². The van der Waals surface area contributed by atoms with Crippen molar-refractivity contribution >= 4 is 5.78 Å². The van der Waals surface area contributed by atoms with E-state index in [1.54, 1.807) is 10.9 Å². The predicted octanol–water partition coefficient (Wildman–Crippen LogP) is 1.10. The zero-order chi connectivity index (χ0) is 7.84. The van der Waals surface area contributed by atoms with Crippen LogP contribution in [0.5, 0.6) is 0 Å². The Bertz CT molecular complexity index is 290. The van der Waals surface area contributed by atoms with Gasteiger partial charge < -0.3 is 0 Å². The van der Waals surface area contributed by atoms with Crippen molar-refractivity contribution in [1.29, 1.82) is 0 Å². The Labute approximate surface area is 65.0 Å². The third kappa shape index (κ3) is 0.964. The molecule has 0 saturated heterocycles. The number of hydrogen-bond donors (Lipinski definition) is 0. The van der Waals surface area contributed by atoms with Crippen molar-refractivity contribution in [2.45, 2.75) is 25.8 Å². The summed E-state index contributed by atoms with van der Waals surface area (Å²) in [4.78, 5) is 11.0. The number of hydrogen-bond acceptors (Lipinski definition) is 2. The molecule has 3 nitrogen and oxygen atoms in total. The van der Waals surface area contributed by atoms with Gasteiger partial charge in [-0.25, -0.2) is 0 Å². The van der Waals surface area contributed by atoms with Crippen molar-refractivity contribution in [2.24, 2.45) is 0 Å². The highest BCUT2D eigenvalue weighted by molar-refractivity contribution is 5.87. The largest absolute Gasteiger partial charge is 0.297 e. The van der Waals surface area contributed by atoms with E-state index in [0.29, 0.717) is 5.78 Å². The van der Waals surface area contributed by atoms with E-state index in [1.165, 1.54) is 0 Å². The Hall–Kier alpha value is -1.12. The quantitative estimate of drug-likeness (QED) is 0.600. The van der Waals surface area contributed by atoms with E-state index in [0.717, 1.165) is 18.4 Å². The van der Waals surface area contributed by atoms with E-state index < -0.39 is 0 Å². The SMILES string of the molecule is Cc1cnn(C2CCC2=O)c1. The first-order valence-corrected chi connectivity index (χ1v) is 3.81. The first-order valence-electron chi connectivity index (χ1n) is 3.81. The molecule has 0 amide bonds. The van der Waals surface area contributed by atoms with Gasteiger partial charge >= 0.3 is 0 Å². The zero-order valence-corrected chi connectivity index (χ0v) is 6.45. The van der Waals surface area contributed by atoms with Gasteiger partial charge in [0, 0.05) is 12.6 Å². The number of carbonyl (C=O) groups excluding carboxylic acids is 1. The second-order valence-electron chi connectivity index (χ2n) is 3.02. The van der Waals surface area contributed by atoms with Crippen LogP contribution in [0.15, 0.2) is 12.4 Å². The smallest absolute Gasteiger partial charge is 0.157 e. The third-order valence-corrected chi connectivity index (χ3v) is 2.09. The summed E-state index contributed by atoms with van der Waals surface area (Å²) in [6.07, 6.45) is 5.39. The van der Waals surface area contributed by atoms with Crippen molar-refractivity contribution in [2.75, 3.05) is 0 Å². The lowest BCUT2D eigenvalue weighted by atomic mass is 9.91. The molecule has 2 rings (SSSR count). The molecule has 0 spiro atoms. The second-order valence-corrected chi connectivity index (χ2v) is 3.02. The fourth-order valence-corrected chi connectivity index (χ4v) is 1.27. The highest BCUT2D eigenvalue weighted by atomic mass is 16.1. The number of aromatic nitrogens is 2. The molecule has 1 fully saturated rings. The van der Waals surface area contributed by atoms with Crippen molar-refractivity contribution in [1.82, 2.24) is 9.78 Å². The van der Waals surface area contributed by atoms with Crippen LogP contribution in [0.25, 0.3) is 0 Å². The number of rotatable bonds is 1. The lowest BCUT2D eigenvalue weighted by Crippen LogP contribution is -2.29. The van der Waals surface area contributed by atoms with E-state index >= 15 is 0 Å². The normalized spacial score (nSPS) is 23.4. The maximum absolute atomic E-state index is 11.0. The fourth-order valence-electron chi connectivity index (χ4n) is 1.27. The van der Waals surface area contributed by atoms with Crippen LogP contribution >= 0.6 is 0 Å². The molecule has 1 saturated carbocycles. The second kappa shape index (κ2) is 2.19. The molecular weight excluding hydrogens is 140 g/mol. The summed E-state index contributed by atoms with van der Waals surface area (Å²) in [5, 5.41) is 4.08. The first-order chi connectivity index (χ1) is 5.27. The molecule has 0 N–H and O–H groups in total. The van der Waals surface area contributed by atoms with Gasteiger partial charge in [-0.1, -0.05) is 0 Å². The third-order valence-electron chi connectivity index (χ3n) is 2.09. The minimum atomic E-state index is 0.0451. The van der Waals surface area contributed by atoms with Crippen LogP contribution in [0.2, 0.25) is 0 Å². The van der Waals surface area contributed by atoms with E-state index in [4.69, 9.17) is 0 Å². The van der Waals surface area contributed by atoms with Crippen LogP contribution < -0.4 is 0 Å². The minimum absolute atomic E-state index is 0.0451. The summed E-state index contributed by atoms with van der Waals surface area (Å²) < 4.78 is 1.77. The van der Waals surface area contributed by atoms with Crippen molar-refractivity contribution < 1.29 is 4.79 Å². The Morgan fingerprint density at radius 1 is 1.73 bits per heavy atom. The Kier molecular flexibility index (Phi) is 1.31. The monoisotopic (exact) mass is 150 g/mol. The van der Waals surface area contributed by atoms with Gasteiger partial charge in [-0.15, -0.1) is 0 Å². The summed E-state index contributed by atoms with van der Waals surface area (Å²) >= 11 is 0. The molecular formula is C8H10N2O. The van der Waals surface area contributed by atoms with E-state index in [2.05, 4.69) is 5.10 Å². The predicted molar refractivity (Wildman–Crippen MR) is 40.2 cm³/mol. The van der Waals surface area contributed by atoms with Crippen molar-refractivity contribution in [3.8, 4) is 0 Å². The van der Waals surface area contributed by atoms with Crippen LogP contribution in [0, 0.1) is 6.92 Å². The Morgan fingerprint density at radius 3 is 2.91 bits per heavy atom. The van der Waals surface area contributed by atoms with Crippen LogP contribution in [0.3, 0.4) is 0 Å². The number of ketones is 1. The lowest BCUT2D eigenvalue weighted by molar-refractivity contribution is -0.128. The minimum Gasteiger partial charge on any atom is -0.297 e. The summed E-state index contributed by atoms with van der Waals surface area (Å²) in [5.74, 6) is 0.313. The van der Waals surface area contributed by atoms with Crippen LogP contribution in [0.1, 0.15) is 24.4 Å². The molecule has 1 heterocycles. The van der Waals surface area contributed by atoms with Crippen LogP contribution in [-0.4, -0.2) is 15.6 Å². The molecule has 58 valence electrons. The summed E-state index contributed by atoms with van der Waals surface area (Å²) in [6, 6.07) is 0.0451. The number of nitrogens with zero attached hydrogens (tertiary/aromatic N) is 2. The topological polar surface area (TPSA) is 34.9 Å². The van der Waals surface area contributed by atoms with Gasteiger partial charge in [0.25, 0.3) is 0 Å². The number of Topliss-reactive ketones (excluding diaryl/α,β-unsaturated/α-hetero) is 1. The van der Waals surface area contributed by atoms with Gasteiger partial charge in [-0.3, -0.25) is 9.48 Å². The van der Waals surface area contributed by atoms with Gasteiger partial charge in [-0.2, -0.15) is 5.10 Å². The summed E-state index contributed by atoms with van der Waals surface area (Å²) in [6.45, 7) is 1.98. The molecule has 11 heavy (non-hydrogen) atoms. The molecule has 1 unspecified atom stereocenters. The molecule has 3 heteroatoms. The molecule has 0 radical (unpaired) electrons. The van der Waals surface area contributed by atoms with Gasteiger partial charge in [0.2, 0.25) is 0 Å². The Balaban J connectivity index is 2.23. The van der Waals surface area contributed by atoms with Crippen LogP contribution in [-0.2, 0) is 4.79 Å². The maximum Gasteiger partial charge on any atom is 0.157 e. The maximum atomic E-state index is 11.0. The fraction of sp³-hybridized carbons (Fsp3) is 0.500. The average Bonchev–Trinajstić information content (AvgIpc) is 2.33. The summed E-state index contributed by atoms with van der Waals surface area (Å²) in [7, 11) is 0. The molecule has 0 aromatic carbocycles. The molecule has 1 aliphatic rings. The Morgan fingerprint density at radius 2 is 2.55 bits per heavy atom. The van der Waals surface area contributed by atoms with Gasteiger partial charge in [0.1, 0.15) is 6.04 Å². The van der Waals surface area contributed by atoms with E-state index in [9.17, 15) is 4.79 Å². The van der Waals surface area contributed by atoms with Gasteiger partial charge in [-0.05, 0) is 18.9 Å². The molecule has 1 aromatic rings. The van der Waals surface area contributed by atoms with Gasteiger partial charge in [0.05, 0.1) is 6.20 Å². The van der Waals surface area contributed by atoms with E-state index in [1.807, 2.05) is 13.1 Å². The number of aryl methyl sites for hydroxylation is 1. The molecule has 1 aliphatic carbocycles. The van der Waals surface area contributed by atoms with Crippen molar-refractivity contribution in [3.63, 3.8) is 0 Å². The standard InChI is InChI=1S/C8H10N2O/c1-6-4-9-10(5-6)7-2-3-8(7)11/h4-5,7H,2-3H2,1H3. The molecule has 0 bridgehead atoms. The molecule has 0 aliphatic heterocycles. The molecule has 1 atom stereocenters. The van der Waals surface area contributed by atoms with E-state index in [-0.39, 0.29) is 6.04 Å². The average molecular weight is 150 g/mol. The zero-order valence-electron chi connectivity index (χ0n) is 6.45. The summed E-state index contributed by atoms with van der Waals surface area (Å²) in [5.41, 5.74) is 1.12. The highest BCUT2D eigenvalue weighted by Crippen LogP contribution is 2.26. The van der Waals surface area contributed by atoms with Crippen LogP contribution in [0.4, 0.5) is 0 Å². The number of carbonyl (C=O) groups is 1. The first kappa shape index (κ1) is 6.58.